The van der Waals surface area contributed by atoms with E-state index in [2.05, 4.69) is 51.7 Å². The van der Waals surface area contributed by atoms with Gasteiger partial charge in [0.2, 0.25) is 0 Å². The maximum absolute atomic E-state index is 6.62. The Kier molecular flexibility index (Phi) is 5.28. The van der Waals surface area contributed by atoms with E-state index in [1.807, 2.05) is 25.1 Å². The Morgan fingerprint density at radius 1 is 1.30 bits per heavy atom. The third-order valence-electron chi connectivity index (χ3n) is 3.59. The average Bonchev–Trinajstić information content (AvgIpc) is 2.75. The summed E-state index contributed by atoms with van der Waals surface area (Å²) in [5.74, 6) is 0.344. The number of hydrogen-bond acceptors (Lipinski definition) is 1. The van der Waals surface area contributed by atoms with Gasteiger partial charge in [-0.1, -0.05) is 37.3 Å². The van der Waals surface area contributed by atoms with Gasteiger partial charge in [-0.3, -0.25) is 4.68 Å². The standard InChI is InChI=1S/C16H20BrClN2/c1-4-20-14(15(17)12(3)19-20)10-11(2)16(18)13-8-6-5-7-9-13/h5-9,11,16H,4,10H2,1-3H3. The summed E-state index contributed by atoms with van der Waals surface area (Å²) < 4.78 is 3.17. The molecule has 1 heterocycles. The zero-order valence-electron chi connectivity index (χ0n) is 12.1. The van der Waals surface area contributed by atoms with Gasteiger partial charge in [0.25, 0.3) is 0 Å². The Morgan fingerprint density at radius 2 is 1.95 bits per heavy atom. The SMILES string of the molecule is CCn1nc(C)c(Br)c1CC(C)C(Cl)c1ccccc1. The van der Waals surface area contributed by atoms with E-state index in [9.17, 15) is 0 Å². The molecule has 2 atom stereocenters. The maximum Gasteiger partial charge on any atom is 0.0738 e. The molecule has 0 aliphatic carbocycles. The molecule has 20 heavy (non-hydrogen) atoms. The Balaban J connectivity index is 2.18. The summed E-state index contributed by atoms with van der Waals surface area (Å²) in [7, 11) is 0. The molecule has 2 aromatic rings. The second kappa shape index (κ2) is 6.77. The van der Waals surface area contributed by atoms with E-state index in [0.29, 0.717) is 5.92 Å². The minimum absolute atomic E-state index is 0.0172. The normalized spacial score (nSPS) is 14.2. The fourth-order valence-electron chi connectivity index (χ4n) is 2.44. The van der Waals surface area contributed by atoms with E-state index in [-0.39, 0.29) is 5.38 Å². The average molecular weight is 356 g/mol. The first kappa shape index (κ1) is 15.6. The van der Waals surface area contributed by atoms with Crippen molar-refractivity contribution < 1.29 is 0 Å². The zero-order valence-corrected chi connectivity index (χ0v) is 14.4. The van der Waals surface area contributed by atoms with Crippen molar-refractivity contribution in [1.29, 1.82) is 0 Å². The van der Waals surface area contributed by atoms with Crippen molar-refractivity contribution in [2.45, 2.75) is 39.1 Å². The topological polar surface area (TPSA) is 17.8 Å². The molecule has 1 aromatic carbocycles. The molecule has 1 aromatic heterocycles. The number of halogens is 2. The lowest BCUT2D eigenvalue weighted by Gasteiger charge is -2.19. The van der Waals surface area contributed by atoms with Crippen LogP contribution in [-0.4, -0.2) is 9.78 Å². The number of rotatable bonds is 5. The second-order valence-corrected chi connectivity index (χ2v) is 6.42. The lowest BCUT2D eigenvalue weighted by Crippen LogP contribution is -2.12. The zero-order chi connectivity index (χ0) is 14.7. The van der Waals surface area contributed by atoms with Crippen LogP contribution in [0.4, 0.5) is 0 Å². The number of nitrogens with zero attached hydrogens (tertiary/aromatic N) is 2. The van der Waals surface area contributed by atoms with E-state index >= 15 is 0 Å². The summed E-state index contributed by atoms with van der Waals surface area (Å²) in [4.78, 5) is 0. The Morgan fingerprint density at radius 3 is 2.55 bits per heavy atom. The summed E-state index contributed by atoms with van der Waals surface area (Å²) in [6, 6.07) is 10.3. The number of benzene rings is 1. The van der Waals surface area contributed by atoms with Crippen LogP contribution in [0.25, 0.3) is 0 Å². The monoisotopic (exact) mass is 354 g/mol. The van der Waals surface area contributed by atoms with Gasteiger partial charge in [-0.15, -0.1) is 11.6 Å². The van der Waals surface area contributed by atoms with Gasteiger partial charge in [0.05, 0.1) is 21.2 Å². The minimum atomic E-state index is 0.0172. The molecule has 0 aliphatic heterocycles. The maximum atomic E-state index is 6.62. The molecule has 0 amide bonds. The first-order valence-corrected chi connectivity index (χ1v) is 8.18. The molecule has 0 N–H and O–H groups in total. The number of hydrogen-bond donors (Lipinski definition) is 0. The molecule has 2 nitrogen and oxygen atoms in total. The molecule has 0 bridgehead atoms. The van der Waals surface area contributed by atoms with Crippen LogP contribution in [0.2, 0.25) is 0 Å². The molecule has 0 spiro atoms. The lowest BCUT2D eigenvalue weighted by molar-refractivity contribution is 0.515. The van der Waals surface area contributed by atoms with Crippen LogP contribution in [-0.2, 0) is 13.0 Å². The van der Waals surface area contributed by atoms with Crippen molar-refractivity contribution in [3.05, 3.63) is 51.8 Å². The largest absolute Gasteiger partial charge is 0.268 e. The summed E-state index contributed by atoms with van der Waals surface area (Å²) in [5, 5.41) is 4.56. The van der Waals surface area contributed by atoms with Gasteiger partial charge in [-0.05, 0) is 47.7 Å². The van der Waals surface area contributed by atoms with Crippen LogP contribution in [0.5, 0.6) is 0 Å². The third-order valence-corrected chi connectivity index (χ3v) is 5.30. The highest BCUT2D eigenvalue weighted by molar-refractivity contribution is 9.10. The van der Waals surface area contributed by atoms with E-state index in [4.69, 9.17) is 11.6 Å². The van der Waals surface area contributed by atoms with Crippen LogP contribution in [0.15, 0.2) is 34.8 Å². The van der Waals surface area contributed by atoms with Gasteiger partial charge in [0, 0.05) is 6.54 Å². The Hall–Kier alpha value is -0.800. The molecular weight excluding hydrogens is 336 g/mol. The molecule has 4 heteroatoms. The van der Waals surface area contributed by atoms with Crippen LogP contribution >= 0.6 is 27.5 Å². The van der Waals surface area contributed by atoms with Gasteiger partial charge in [0.1, 0.15) is 0 Å². The summed E-state index contributed by atoms with van der Waals surface area (Å²) >= 11 is 10.3. The predicted octanol–water partition coefficient (Wildman–Crippen LogP) is 5.13. The van der Waals surface area contributed by atoms with E-state index in [1.165, 1.54) is 11.3 Å². The van der Waals surface area contributed by atoms with Crippen LogP contribution in [0.3, 0.4) is 0 Å². The smallest absolute Gasteiger partial charge is 0.0738 e. The highest BCUT2D eigenvalue weighted by atomic mass is 79.9. The lowest BCUT2D eigenvalue weighted by atomic mass is 9.96. The number of alkyl halides is 1. The molecule has 0 fully saturated rings. The van der Waals surface area contributed by atoms with Crippen molar-refractivity contribution in [3.8, 4) is 0 Å². The Labute approximate surface area is 134 Å². The minimum Gasteiger partial charge on any atom is -0.268 e. The molecule has 108 valence electrons. The van der Waals surface area contributed by atoms with Crippen LogP contribution < -0.4 is 0 Å². The summed E-state index contributed by atoms with van der Waals surface area (Å²) in [6.45, 7) is 7.22. The molecule has 0 saturated heterocycles. The first-order chi connectivity index (χ1) is 9.54. The van der Waals surface area contributed by atoms with Crippen LogP contribution in [0.1, 0.15) is 36.2 Å². The second-order valence-electron chi connectivity index (χ2n) is 5.16. The third kappa shape index (κ3) is 3.26. The fourth-order valence-corrected chi connectivity index (χ4v) is 3.12. The van der Waals surface area contributed by atoms with Gasteiger partial charge in [-0.2, -0.15) is 5.10 Å². The molecular formula is C16H20BrClN2. The molecule has 0 radical (unpaired) electrons. The van der Waals surface area contributed by atoms with E-state index in [1.54, 1.807) is 0 Å². The molecule has 2 rings (SSSR count). The van der Waals surface area contributed by atoms with Gasteiger partial charge in [0.15, 0.2) is 0 Å². The highest BCUT2D eigenvalue weighted by Crippen LogP contribution is 2.33. The van der Waals surface area contributed by atoms with Gasteiger partial charge in [-0.25, -0.2) is 0 Å². The van der Waals surface area contributed by atoms with Crippen molar-refractivity contribution in [2.24, 2.45) is 5.92 Å². The van der Waals surface area contributed by atoms with Gasteiger partial charge >= 0.3 is 0 Å². The summed E-state index contributed by atoms with van der Waals surface area (Å²) in [6.07, 6.45) is 0.915. The van der Waals surface area contributed by atoms with Crippen molar-refractivity contribution in [2.75, 3.05) is 0 Å². The Bertz CT molecular complexity index is 565. The molecule has 0 saturated carbocycles. The highest BCUT2D eigenvalue weighted by Gasteiger charge is 2.21. The summed E-state index contributed by atoms with van der Waals surface area (Å²) in [5.41, 5.74) is 3.45. The molecule has 0 aliphatic rings. The first-order valence-electron chi connectivity index (χ1n) is 6.95. The van der Waals surface area contributed by atoms with Crippen molar-refractivity contribution in [3.63, 3.8) is 0 Å². The van der Waals surface area contributed by atoms with E-state index in [0.717, 1.165) is 23.1 Å². The van der Waals surface area contributed by atoms with Crippen molar-refractivity contribution >= 4 is 27.5 Å². The number of aryl methyl sites for hydroxylation is 2. The van der Waals surface area contributed by atoms with Gasteiger partial charge < -0.3 is 0 Å². The predicted molar refractivity (Wildman–Crippen MR) is 88.2 cm³/mol. The fraction of sp³-hybridized carbons (Fsp3) is 0.438. The van der Waals surface area contributed by atoms with Crippen molar-refractivity contribution in [1.82, 2.24) is 9.78 Å². The quantitative estimate of drug-likeness (QED) is 0.680. The van der Waals surface area contributed by atoms with E-state index < -0.39 is 0 Å². The number of aromatic nitrogens is 2. The molecule has 2 unspecified atom stereocenters. The van der Waals surface area contributed by atoms with Crippen LogP contribution in [0, 0.1) is 12.8 Å².